The van der Waals surface area contributed by atoms with Gasteiger partial charge in [-0.15, -0.1) is 21.5 Å². The second kappa shape index (κ2) is 8.13. The number of fused-ring (bicyclic) bond motifs is 1. The van der Waals surface area contributed by atoms with Crippen LogP contribution >= 0.6 is 38.6 Å². The summed E-state index contributed by atoms with van der Waals surface area (Å²) in [6.07, 6.45) is 1.41. The monoisotopic (exact) mass is 489 g/mol. The first kappa shape index (κ1) is 19.9. The highest BCUT2D eigenvalue weighted by Crippen LogP contribution is 2.31. The molecule has 4 aromatic rings. The predicted molar refractivity (Wildman–Crippen MR) is 120 cm³/mol. The first-order valence-electron chi connectivity index (χ1n) is 8.78. The maximum atomic E-state index is 13.0. The minimum atomic E-state index is -0.347. The van der Waals surface area contributed by atoms with Gasteiger partial charge in [-0.05, 0) is 17.7 Å². The number of carbonyl (C=O) groups excluding carboxylic acids is 1. The Kier molecular flexibility index (Phi) is 5.57. The molecule has 0 unspecified atom stereocenters. The van der Waals surface area contributed by atoms with Crippen molar-refractivity contribution < 1.29 is 4.79 Å². The molecule has 4 rings (SSSR count). The van der Waals surface area contributed by atoms with E-state index in [9.17, 15) is 9.59 Å². The van der Waals surface area contributed by atoms with Crippen LogP contribution in [0.15, 0.2) is 45.2 Å². The molecule has 7 nitrogen and oxygen atoms in total. The Balaban J connectivity index is 1.61. The summed E-state index contributed by atoms with van der Waals surface area (Å²) in [4.78, 5) is 30.5. The molecule has 0 saturated carbocycles. The van der Waals surface area contributed by atoms with Crippen molar-refractivity contribution in [3.8, 4) is 11.1 Å². The second-order valence-corrected chi connectivity index (χ2v) is 9.45. The van der Waals surface area contributed by atoms with Crippen molar-refractivity contribution in [2.75, 3.05) is 5.32 Å². The van der Waals surface area contributed by atoms with E-state index in [-0.39, 0.29) is 23.9 Å². The molecular formula is C19H16BrN5O2S2. The molecule has 29 heavy (non-hydrogen) atoms. The zero-order valence-corrected chi connectivity index (χ0v) is 18.8. The minimum absolute atomic E-state index is 0.145. The molecule has 0 radical (unpaired) electrons. The quantitative estimate of drug-likeness (QED) is 0.445. The van der Waals surface area contributed by atoms with E-state index in [0.29, 0.717) is 15.3 Å². The summed E-state index contributed by atoms with van der Waals surface area (Å²) in [5.74, 6) is -0.108. The molecule has 0 fully saturated rings. The number of amides is 1. The fourth-order valence-corrected chi connectivity index (χ4v) is 4.69. The van der Waals surface area contributed by atoms with E-state index < -0.39 is 0 Å². The van der Waals surface area contributed by atoms with Gasteiger partial charge in [-0.3, -0.25) is 19.5 Å². The average molecular weight is 490 g/mol. The number of aromatic nitrogens is 4. The summed E-state index contributed by atoms with van der Waals surface area (Å²) >= 11 is 6.16. The van der Waals surface area contributed by atoms with E-state index in [1.54, 1.807) is 0 Å². The Morgan fingerprint density at radius 1 is 1.24 bits per heavy atom. The van der Waals surface area contributed by atoms with Crippen molar-refractivity contribution in [2.24, 2.45) is 0 Å². The number of nitrogens with zero attached hydrogens (tertiary/aromatic N) is 4. The summed E-state index contributed by atoms with van der Waals surface area (Å²) in [5, 5.41) is 14.4. The van der Waals surface area contributed by atoms with Gasteiger partial charge in [0.1, 0.15) is 16.4 Å². The average Bonchev–Trinajstić information content (AvgIpc) is 3.32. The molecule has 3 heterocycles. The lowest BCUT2D eigenvalue weighted by molar-refractivity contribution is -0.116. The first-order valence-corrected chi connectivity index (χ1v) is 11.3. The highest BCUT2D eigenvalue weighted by atomic mass is 79.9. The molecular weight excluding hydrogens is 474 g/mol. The van der Waals surface area contributed by atoms with Crippen molar-refractivity contribution in [3.05, 3.63) is 55.8 Å². The fraction of sp³-hybridized carbons (Fsp3) is 0.211. The standard InChI is InChI=1S/C19H16BrN5O2S2/c1-10(2)16-23-24-19(29-16)22-14(26)7-25-9-21-17-15(18(25)27)13(8-28-17)11-3-5-12(20)6-4-11/h3-6,8-10H,7H2,1-2H3,(H,22,24,26). The van der Waals surface area contributed by atoms with Crippen LogP contribution in [-0.4, -0.2) is 25.7 Å². The maximum Gasteiger partial charge on any atom is 0.263 e. The number of carbonyl (C=O) groups is 1. The highest BCUT2D eigenvalue weighted by Gasteiger charge is 2.16. The van der Waals surface area contributed by atoms with E-state index in [0.717, 1.165) is 20.6 Å². The topological polar surface area (TPSA) is 89.8 Å². The van der Waals surface area contributed by atoms with Gasteiger partial charge in [0.05, 0.1) is 11.7 Å². The van der Waals surface area contributed by atoms with Crippen LogP contribution in [0.25, 0.3) is 21.3 Å². The van der Waals surface area contributed by atoms with Crippen LogP contribution in [0.2, 0.25) is 0 Å². The van der Waals surface area contributed by atoms with Crippen molar-refractivity contribution in [2.45, 2.75) is 26.3 Å². The first-order chi connectivity index (χ1) is 13.9. The number of rotatable bonds is 5. The van der Waals surface area contributed by atoms with Crippen molar-refractivity contribution >= 4 is 59.9 Å². The maximum absolute atomic E-state index is 13.0. The van der Waals surface area contributed by atoms with Crippen molar-refractivity contribution in [1.82, 2.24) is 19.7 Å². The Labute approximate surface area is 182 Å². The highest BCUT2D eigenvalue weighted by molar-refractivity contribution is 9.10. The fourth-order valence-electron chi connectivity index (χ4n) is 2.75. The molecule has 0 atom stereocenters. The normalized spacial score (nSPS) is 11.3. The van der Waals surface area contributed by atoms with Crippen LogP contribution in [0.1, 0.15) is 24.8 Å². The van der Waals surface area contributed by atoms with Gasteiger partial charge in [0.2, 0.25) is 11.0 Å². The molecule has 0 aliphatic rings. The van der Waals surface area contributed by atoms with Crippen LogP contribution in [0, 0.1) is 0 Å². The third kappa shape index (κ3) is 4.14. The van der Waals surface area contributed by atoms with Crippen LogP contribution in [0.5, 0.6) is 0 Å². The van der Waals surface area contributed by atoms with E-state index in [2.05, 4.69) is 36.4 Å². The summed E-state index contributed by atoms with van der Waals surface area (Å²) in [6, 6.07) is 7.73. The third-order valence-corrected chi connectivity index (χ3v) is 6.77. The largest absolute Gasteiger partial charge is 0.299 e. The SMILES string of the molecule is CC(C)c1nnc(NC(=O)Cn2cnc3scc(-c4ccc(Br)cc4)c3c2=O)s1. The molecule has 1 aromatic carbocycles. The molecule has 148 valence electrons. The summed E-state index contributed by atoms with van der Waals surface area (Å²) in [6.45, 7) is 3.88. The van der Waals surface area contributed by atoms with Crippen LogP contribution in [0.4, 0.5) is 5.13 Å². The molecule has 10 heteroatoms. The minimum Gasteiger partial charge on any atom is -0.299 e. The Hall–Kier alpha value is -2.43. The number of thiophene rings is 1. The lowest BCUT2D eigenvalue weighted by Gasteiger charge is -2.06. The van der Waals surface area contributed by atoms with Crippen molar-refractivity contribution in [3.63, 3.8) is 0 Å². The predicted octanol–water partition coefficient (Wildman–Crippen LogP) is 4.50. The van der Waals surface area contributed by atoms with Gasteiger partial charge in [0, 0.05) is 21.3 Å². The molecule has 1 N–H and O–H groups in total. The van der Waals surface area contributed by atoms with Crippen LogP contribution < -0.4 is 10.9 Å². The van der Waals surface area contributed by atoms with Crippen molar-refractivity contribution in [1.29, 1.82) is 0 Å². The third-order valence-electron chi connectivity index (χ3n) is 4.21. The van der Waals surface area contributed by atoms with Gasteiger partial charge < -0.3 is 0 Å². The van der Waals surface area contributed by atoms with Crippen LogP contribution in [-0.2, 0) is 11.3 Å². The summed E-state index contributed by atoms with van der Waals surface area (Å²) < 4.78 is 2.28. The summed E-state index contributed by atoms with van der Waals surface area (Å²) in [7, 11) is 0. The van der Waals surface area contributed by atoms with E-state index >= 15 is 0 Å². The summed E-state index contributed by atoms with van der Waals surface area (Å²) in [5.41, 5.74) is 1.50. The molecule has 0 spiro atoms. The molecule has 0 aliphatic carbocycles. The van der Waals surface area contributed by atoms with Gasteiger partial charge in [0.15, 0.2) is 0 Å². The number of halogens is 1. The zero-order chi connectivity index (χ0) is 20.5. The Bertz CT molecular complexity index is 1240. The van der Waals surface area contributed by atoms with Gasteiger partial charge in [-0.2, -0.15) is 0 Å². The van der Waals surface area contributed by atoms with Gasteiger partial charge in [0.25, 0.3) is 5.56 Å². The number of benzene rings is 1. The number of hydrogen-bond acceptors (Lipinski definition) is 7. The van der Waals surface area contributed by atoms with Crippen LogP contribution in [0.3, 0.4) is 0 Å². The molecule has 0 bridgehead atoms. The second-order valence-electron chi connectivity index (χ2n) is 6.66. The smallest absolute Gasteiger partial charge is 0.263 e. The molecule has 0 saturated heterocycles. The van der Waals surface area contributed by atoms with E-state index in [4.69, 9.17) is 0 Å². The van der Waals surface area contributed by atoms with Gasteiger partial charge >= 0.3 is 0 Å². The number of anilines is 1. The Morgan fingerprint density at radius 3 is 2.69 bits per heavy atom. The van der Waals surface area contributed by atoms with E-state index in [1.807, 2.05) is 43.5 Å². The molecule has 0 aliphatic heterocycles. The Morgan fingerprint density at radius 2 is 2.00 bits per heavy atom. The van der Waals surface area contributed by atoms with Gasteiger partial charge in [-0.25, -0.2) is 4.98 Å². The molecule has 3 aromatic heterocycles. The lowest BCUT2D eigenvalue weighted by Crippen LogP contribution is -2.27. The number of hydrogen-bond donors (Lipinski definition) is 1. The molecule has 1 amide bonds. The zero-order valence-electron chi connectivity index (χ0n) is 15.5. The van der Waals surface area contributed by atoms with Gasteiger partial charge in [-0.1, -0.05) is 53.2 Å². The lowest BCUT2D eigenvalue weighted by atomic mass is 10.1. The van der Waals surface area contributed by atoms with E-state index in [1.165, 1.54) is 33.6 Å². The number of nitrogens with one attached hydrogen (secondary N) is 1.